The van der Waals surface area contributed by atoms with Crippen LogP contribution >= 0.6 is 0 Å². The van der Waals surface area contributed by atoms with Gasteiger partial charge in [0.1, 0.15) is 18.7 Å². The minimum atomic E-state index is -1.28. The summed E-state index contributed by atoms with van der Waals surface area (Å²) in [6, 6.07) is 12.4. The highest BCUT2D eigenvalue weighted by atomic mass is 16.5. The van der Waals surface area contributed by atoms with Crippen LogP contribution in [0.2, 0.25) is 0 Å². The first kappa shape index (κ1) is 22.9. The molecule has 2 aromatic rings. The molecule has 0 aliphatic rings. The van der Waals surface area contributed by atoms with E-state index in [9.17, 15) is 19.5 Å². The van der Waals surface area contributed by atoms with E-state index in [0.29, 0.717) is 0 Å². The third kappa shape index (κ3) is 6.89. The van der Waals surface area contributed by atoms with Crippen molar-refractivity contribution in [3.05, 3.63) is 70.8 Å². The molecule has 0 saturated heterocycles. The number of alkyl carbamates (subject to hydrolysis) is 1. The molecule has 0 heterocycles. The van der Waals surface area contributed by atoms with E-state index < -0.39 is 36.6 Å². The van der Waals surface area contributed by atoms with E-state index >= 15 is 0 Å². The first-order valence-corrected chi connectivity index (χ1v) is 9.54. The van der Waals surface area contributed by atoms with Gasteiger partial charge in [-0.2, -0.15) is 0 Å². The summed E-state index contributed by atoms with van der Waals surface area (Å²) in [5, 5.41) is 14.3. The van der Waals surface area contributed by atoms with Crippen molar-refractivity contribution in [1.29, 1.82) is 0 Å². The molecule has 8 heteroatoms. The first-order valence-electron chi connectivity index (χ1n) is 9.54. The summed E-state index contributed by atoms with van der Waals surface area (Å²) < 4.78 is 5.05. The number of nitrogens with two attached hydrogens (primary N) is 1. The minimum absolute atomic E-state index is 0.0170. The number of aryl methyl sites for hydroxylation is 2. The molecule has 3 amide bonds. The van der Waals surface area contributed by atoms with Gasteiger partial charge in [-0.25, -0.2) is 4.79 Å². The van der Waals surface area contributed by atoms with Gasteiger partial charge in [0.25, 0.3) is 0 Å². The van der Waals surface area contributed by atoms with E-state index in [1.165, 1.54) is 0 Å². The average Bonchev–Trinajstić information content (AvgIpc) is 2.73. The van der Waals surface area contributed by atoms with Crippen LogP contribution in [0.1, 0.15) is 22.3 Å². The maximum Gasteiger partial charge on any atom is 0.408 e. The Bertz CT molecular complexity index is 886. The number of amides is 3. The van der Waals surface area contributed by atoms with Crippen LogP contribution in [0.5, 0.6) is 0 Å². The fourth-order valence-electron chi connectivity index (χ4n) is 2.76. The van der Waals surface area contributed by atoms with Crippen LogP contribution in [0, 0.1) is 13.8 Å². The Balaban J connectivity index is 1.94. The van der Waals surface area contributed by atoms with E-state index in [1.807, 2.05) is 38.1 Å². The maximum absolute atomic E-state index is 12.5. The number of benzene rings is 2. The lowest BCUT2D eigenvalue weighted by atomic mass is 10.0. The Morgan fingerprint density at radius 3 is 2.27 bits per heavy atom. The highest BCUT2D eigenvalue weighted by molar-refractivity contribution is 5.91. The standard InChI is InChI=1S/C22H27N3O5/c1-14-8-9-17(10-15(14)2)11-18(20(23)27)24-21(28)19(12-26)25-22(29)30-13-16-6-4-3-5-7-16/h3-10,18-19,26H,11-13H2,1-2H3,(H2,23,27)(H,24,28)(H,25,29)/t18-,19-/m0/s1. The molecule has 2 aromatic carbocycles. The Kier molecular flexibility index (Phi) is 8.37. The van der Waals surface area contributed by atoms with Crippen molar-refractivity contribution in [3.63, 3.8) is 0 Å². The van der Waals surface area contributed by atoms with Gasteiger partial charge in [-0.05, 0) is 36.1 Å². The third-order valence-electron chi connectivity index (χ3n) is 4.67. The lowest BCUT2D eigenvalue weighted by molar-refractivity contribution is -0.129. The van der Waals surface area contributed by atoms with Gasteiger partial charge in [-0.1, -0.05) is 48.5 Å². The Morgan fingerprint density at radius 1 is 0.967 bits per heavy atom. The van der Waals surface area contributed by atoms with Crippen LogP contribution in [0.25, 0.3) is 0 Å². The zero-order valence-corrected chi connectivity index (χ0v) is 17.1. The van der Waals surface area contributed by atoms with Crippen LogP contribution in [-0.4, -0.2) is 41.7 Å². The number of carbonyl (C=O) groups excluding carboxylic acids is 3. The molecule has 5 N–H and O–H groups in total. The number of carbonyl (C=O) groups is 3. The van der Waals surface area contributed by atoms with Crippen molar-refractivity contribution in [2.24, 2.45) is 5.73 Å². The summed E-state index contributed by atoms with van der Waals surface area (Å²) in [7, 11) is 0. The molecule has 0 spiro atoms. The highest BCUT2D eigenvalue weighted by Crippen LogP contribution is 2.12. The van der Waals surface area contributed by atoms with Crippen molar-refractivity contribution in [1.82, 2.24) is 10.6 Å². The molecular formula is C22H27N3O5. The SMILES string of the molecule is Cc1ccc(C[C@H](NC(=O)[C@H](CO)NC(=O)OCc2ccccc2)C(N)=O)cc1C. The molecule has 0 saturated carbocycles. The molecule has 8 nitrogen and oxygen atoms in total. The molecule has 2 atom stereocenters. The summed E-state index contributed by atoms with van der Waals surface area (Å²) in [5.74, 6) is -1.45. The molecule has 2 rings (SSSR count). The number of rotatable bonds is 9. The minimum Gasteiger partial charge on any atom is -0.445 e. The summed E-state index contributed by atoms with van der Waals surface area (Å²) in [6.45, 7) is 3.27. The van der Waals surface area contributed by atoms with Gasteiger partial charge in [-0.3, -0.25) is 9.59 Å². The molecule has 0 radical (unpaired) electrons. The van der Waals surface area contributed by atoms with Crippen molar-refractivity contribution in [2.45, 2.75) is 39.0 Å². The Morgan fingerprint density at radius 2 is 1.67 bits per heavy atom. The van der Waals surface area contributed by atoms with Crippen molar-refractivity contribution in [3.8, 4) is 0 Å². The lowest BCUT2D eigenvalue weighted by Crippen LogP contribution is -2.54. The number of hydrogen-bond acceptors (Lipinski definition) is 5. The summed E-state index contributed by atoms with van der Waals surface area (Å²) >= 11 is 0. The predicted octanol–water partition coefficient (Wildman–Crippen LogP) is 1.10. The maximum atomic E-state index is 12.5. The van der Waals surface area contributed by atoms with Crippen molar-refractivity contribution < 1.29 is 24.2 Å². The zero-order valence-electron chi connectivity index (χ0n) is 17.1. The third-order valence-corrected chi connectivity index (χ3v) is 4.67. The molecular weight excluding hydrogens is 386 g/mol. The van der Waals surface area contributed by atoms with E-state index in [2.05, 4.69) is 10.6 Å². The van der Waals surface area contributed by atoms with E-state index in [4.69, 9.17) is 10.5 Å². The second-order valence-corrected chi connectivity index (χ2v) is 7.03. The predicted molar refractivity (Wildman–Crippen MR) is 111 cm³/mol. The topological polar surface area (TPSA) is 131 Å². The zero-order chi connectivity index (χ0) is 22.1. The fourth-order valence-corrected chi connectivity index (χ4v) is 2.76. The van der Waals surface area contributed by atoms with E-state index in [1.54, 1.807) is 24.3 Å². The number of aliphatic hydroxyl groups excluding tert-OH is 1. The Labute approximate surface area is 175 Å². The van der Waals surface area contributed by atoms with Gasteiger partial charge >= 0.3 is 6.09 Å². The largest absolute Gasteiger partial charge is 0.445 e. The second-order valence-electron chi connectivity index (χ2n) is 7.03. The van der Waals surface area contributed by atoms with Crippen LogP contribution in [0.15, 0.2) is 48.5 Å². The van der Waals surface area contributed by atoms with Gasteiger partial charge in [0.2, 0.25) is 11.8 Å². The second kappa shape index (κ2) is 11.0. The quantitative estimate of drug-likeness (QED) is 0.489. The van der Waals surface area contributed by atoms with Gasteiger partial charge in [0.15, 0.2) is 0 Å². The number of primary amides is 1. The highest BCUT2D eigenvalue weighted by Gasteiger charge is 2.26. The fraction of sp³-hybridized carbons (Fsp3) is 0.318. The molecule has 160 valence electrons. The van der Waals surface area contributed by atoms with Gasteiger partial charge in [0, 0.05) is 6.42 Å². The van der Waals surface area contributed by atoms with Crippen molar-refractivity contribution >= 4 is 17.9 Å². The average molecular weight is 413 g/mol. The van der Waals surface area contributed by atoms with E-state index in [-0.39, 0.29) is 13.0 Å². The normalized spacial score (nSPS) is 12.5. The molecule has 0 unspecified atom stereocenters. The summed E-state index contributed by atoms with van der Waals surface area (Å²) in [5.41, 5.74) is 9.20. The smallest absolute Gasteiger partial charge is 0.408 e. The number of hydrogen-bond donors (Lipinski definition) is 4. The van der Waals surface area contributed by atoms with E-state index in [0.717, 1.165) is 22.3 Å². The van der Waals surface area contributed by atoms with Gasteiger partial charge in [-0.15, -0.1) is 0 Å². The molecule has 30 heavy (non-hydrogen) atoms. The molecule has 0 aliphatic heterocycles. The molecule has 0 fully saturated rings. The number of nitrogens with one attached hydrogen (secondary N) is 2. The first-order chi connectivity index (χ1) is 14.3. The summed E-state index contributed by atoms with van der Waals surface area (Å²) in [6.07, 6.45) is -0.670. The number of ether oxygens (including phenoxy) is 1. The van der Waals surface area contributed by atoms with Crippen molar-refractivity contribution in [2.75, 3.05) is 6.61 Å². The van der Waals surface area contributed by atoms with Crippen LogP contribution in [0.3, 0.4) is 0 Å². The van der Waals surface area contributed by atoms with Gasteiger partial charge < -0.3 is 26.2 Å². The van der Waals surface area contributed by atoms with Crippen LogP contribution in [0.4, 0.5) is 4.79 Å². The van der Waals surface area contributed by atoms with Crippen LogP contribution < -0.4 is 16.4 Å². The van der Waals surface area contributed by atoms with Gasteiger partial charge in [0.05, 0.1) is 6.61 Å². The summed E-state index contributed by atoms with van der Waals surface area (Å²) in [4.78, 5) is 36.2. The molecule has 0 aromatic heterocycles. The molecule has 0 aliphatic carbocycles. The Hall–Kier alpha value is -3.39. The molecule has 0 bridgehead atoms. The monoisotopic (exact) mass is 413 g/mol. The van der Waals surface area contributed by atoms with Crippen LogP contribution in [-0.2, 0) is 27.4 Å². The lowest BCUT2D eigenvalue weighted by Gasteiger charge is -2.21. The number of aliphatic hydroxyl groups is 1.